The van der Waals surface area contributed by atoms with Crippen LogP contribution in [0, 0.1) is 5.92 Å². The quantitative estimate of drug-likeness (QED) is 0.563. The van der Waals surface area contributed by atoms with Crippen LogP contribution < -0.4 is 10.2 Å². The Bertz CT molecular complexity index is 1050. The topological polar surface area (TPSA) is 86.8 Å². The maximum Gasteiger partial charge on any atom is 0.243 e. The Labute approximate surface area is 194 Å². The van der Waals surface area contributed by atoms with Crippen LogP contribution in [-0.4, -0.2) is 50.4 Å². The highest BCUT2D eigenvalue weighted by atomic mass is 32.2. The van der Waals surface area contributed by atoms with Crippen LogP contribution in [0.3, 0.4) is 0 Å². The van der Waals surface area contributed by atoms with Gasteiger partial charge >= 0.3 is 0 Å². The minimum absolute atomic E-state index is 0.136. The second kappa shape index (κ2) is 10.5. The van der Waals surface area contributed by atoms with Crippen LogP contribution in [0.5, 0.6) is 0 Å². The smallest absolute Gasteiger partial charge is 0.243 e. The highest BCUT2D eigenvalue weighted by molar-refractivity contribution is 7.98. The summed E-state index contributed by atoms with van der Waals surface area (Å²) in [4.78, 5) is 28.0. The molecule has 1 aliphatic rings. The Hall–Kier alpha value is -2.36. The molecule has 1 saturated heterocycles. The van der Waals surface area contributed by atoms with Crippen molar-refractivity contribution in [2.75, 3.05) is 30.8 Å². The highest BCUT2D eigenvalue weighted by Crippen LogP contribution is 2.27. The van der Waals surface area contributed by atoms with Crippen molar-refractivity contribution in [1.82, 2.24) is 9.62 Å². The van der Waals surface area contributed by atoms with Gasteiger partial charge in [-0.2, -0.15) is 4.31 Å². The Morgan fingerprint density at radius 1 is 1.09 bits per heavy atom. The van der Waals surface area contributed by atoms with E-state index < -0.39 is 15.9 Å². The normalized spacial score (nSPS) is 16.6. The second-order valence-electron chi connectivity index (χ2n) is 7.55. The van der Waals surface area contributed by atoms with Crippen LogP contribution in [0.25, 0.3) is 0 Å². The molecule has 0 radical (unpaired) electrons. The standard InChI is InChI=1S/C23H29N3O4S2/c1-4-25(5-2)32(29,30)21-12-8-19(9-13-21)26-16-18(14-22(26)27)23(28)24-15-17-6-10-20(31-3)11-7-17/h6-13,18H,4-5,14-16H2,1-3H3,(H,24,28). The fraction of sp³-hybridized carbons (Fsp3) is 0.391. The van der Waals surface area contributed by atoms with Gasteiger partial charge in [0.1, 0.15) is 0 Å². The Morgan fingerprint density at radius 3 is 2.28 bits per heavy atom. The van der Waals surface area contributed by atoms with E-state index in [-0.39, 0.29) is 29.7 Å². The van der Waals surface area contributed by atoms with Gasteiger partial charge in [0.15, 0.2) is 0 Å². The van der Waals surface area contributed by atoms with Gasteiger partial charge in [0.25, 0.3) is 0 Å². The van der Waals surface area contributed by atoms with Crippen LogP contribution in [0.15, 0.2) is 58.3 Å². The molecule has 0 saturated carbocycles. The number of anilines is 1. The van der Waals surface area contributed by atoms with Crippen molar-refractivity contribution in [2.24, 2.45) is 5.92 Å². The van der Waals surface area contributed by atoms with E-state index in [9.17, 15) is 18.0 Å². The van der Waals surface area contributed by atoms with Gasteiger partial charge in [-0.05, 0) is 48.2 Å². The number of sulfonamides is 1. The van der Waals surface area contributed by atoms with Crippen molar-refractivity contribution < 1.29 is 18.0 Å². The molecule has 9 heteroatoms. The van der Waals surface area contributed by atoms with E-state index in [1.165, 1.54) is 16.4 Å². The molecule has 1 heterocycles. The lowest BCUT2D eigenvalue weighted by Gasteiger charge is -2.20. The van der Waals surface area contributed by atoms with E-state index in [1.54, 1.807) is 42.6 Å². The van der Waals surface area contributed by atoms with Crippen LogP contribution in [0.2, 0.25) is 0 Å². The van der Waals surface area contributed by atoms with E-state index in [1.807, 2.05) is 30.5 Å². The van der Waals surface area contributed by atoms with Crippen molar-refractivity contribution in [3.05, 3.63) is 54.1 Å². The molecule has 1 N–H and O–H groups in total. The maximum atomic E-state index is 12.6. The van der Waals surface area contributed by atoms with Gasteiger partial charge in [0, 0.05) is 43.2 Å². The number of amides is 2. The first-order valence-corrected chi connectivity index (χ1v) is 13.3. The van der Waals surface area contributed by atoms with Gasteiger partial charge < -0.3 is 10.2 Å². The molecule has 3 rings (SSSR count). The van der Waals surface area contributed by atoms with Gasteiger partial charge in [-0.1, -0.05) is 26.0 Å². The first kappa shape index (κ1) is 24.3. The minimum Gasteiger partial charge on any atom is -0.352 e. The van der Waals surface area contributed by atoms with E-state index in [4.69, 9.17) is 0 Å². The second-order valence-corrected chi connectivity index (χ2v) is 10.4. The molecule has 1 atom stereocenters. The molecular formula is C23H29N3O4S2. The molecule has 2 aromatic carbocycles. The molecule has 1 unspecified atom stereocenters. The van der Waals surface area contributed by atoms with Gasteiger partial charge in [0.05, 0.1) is 10.8 Å². The molecular weight excluding hydrogens is 446 g/mol. The number of nitrogens with zero attached hydrogens (tertiary/aromatic N) is 2. The molecule has 0 spiro atoms. The summed E-state index contributed by atoms with van der Waals surface area (Å²) in [5.41, 5.74) is 1.60. The summed E-state index contributed by atoms with van der Waals surface area (Å²) in [6, 6.07) is 14.3. The molecule has 2 aromatic rings. The maximum absolute atomic E-state index is 12.6. The molecule has 172 valence electrons. The lowest BCUT2D eigenvalue weighted by molar-refractivity contribution is -0.126. The lowest BCUT2D eigenvalue weighted by atomic mass is 10.1. The zero-order valence-electron chi connectivity index (χ0n) is 18.6. The number of thioether (sulfide) groups is 1. The number of carbonyl (C=O) groups is 2. The minimum atomic E-state index is -3.55. The third-order valence-corrected chi connectivity index (χ3v) is 8.42. The third-order valence-electron chi connectivity index (χ3n) is 5.61. The van der Waals surface area contributed by atoms with E-state index >= 15 is 0 Å². The molecule has 1 aliphatic heterocycles. The number of nitrogens with one attached hydrogen (secondary N) is 1. The Balaban J connectivity index is 1.62. The summed E-state index contributed by atoms with van der Waals surface area (Å²) < 4.78 is 26.7. The van der Waals surface area contributed by atoms with Gasteiger partial charge in [-0.15, -0.1) is 11.8 Å². The Morgan fingerprint density at radius 2 is 1.72 bits per heavy atom. The van der Waals surface area contributed by atoms with Crippen molar-refractivity contribution in [1.29, 1.82) is 0 Å². The average molecular weight is 476 g/mol. The molecule has 2 amide bonds. The zero-order valence-corrected chi connectivity index (χ0v) is 20.2. The van der Waals surface area contributed by atoms with Gasteiger partial charge in [0.2, 0.25) is 21.8 Å². The first-order chi connectivity index (χ1) is 15.3. The molecule has 0 aliphatic carbocycles. The van der Waals surface area contributed by atoms with Crippen LogP contribution in [0.1, 0.15) is 25.8 Å². The van der Waals surface area contributed by atoms with E-state index in [0.717, 1.165) is 10.5 Å². The van der Waals surface area contributed by atoms with Crippen LogP contribution in [0.4, 0.5) is 5.69 Å². The highest BCUT2D eigenvalue weighted by Gasteiger charge is 2.35. The summed E-state index contributed by atoms with van der Waals surface area (Å²) in [6.45, 7) is 5.06. The third kappa shape index (κ3) is 5.33. The molecule has 7 nitrogen and oxygen atoms in total. The lowest BCUT2D eigenvalue weighted by Crippen LogP contribution is -2.32. The van der Waals surface area contributed by atoms with E-state index in [0.29, 0.717) is 25.3 Å². The Kier molecular flexibility index (Phi) is 7.97. The predicted octanol–water partition coefficient (Wildman–Crippen LogP) is 3.11. The number of rotatable bonds is 9. The van der Waals surface area contributed by atoms with Crippen molar-refractivity contribution in [2.45, 2.75) is 36.6 Å². The number of carbonyl (C=O) groups excluding carboxylic acids is 2. The summed E-state index contributed by atoms with van der Waals surface area (Å²) >= 11 is 1.66. The average Bonchev–Trinajstić information content (AvgIpc) is 3.20. The fourth-order valence-corrected chi connectivity index (χ4v) is 5.59. The predicted molar refractivity (Wildman–Crippen MR) is 127 cm³/mol. The van der Waals surface area contributed by atoms with Crippen molar-refractivity contribution >= 4 is 39.3 Å². The molecule has 1 fully saturated rings. The van der Waals surface area contributed by atoms with Crippen LogP contribution >= 0.6 is 11.8 Å². The first-order valence-electron chi connectivity index (χ1n) is 10.6. The molecule has 0 bridgehead atoms. The fourth-order valence-electron chi connectivity index (χ4n) is 3.72. The summed E-state index contributed by atoms with van der Waals surface area (Å²) in [6.07, 6.45) is 2.15. The van der Waals surface area contributed by atoms with Crippen molar-refractivity contribution in [3.63, 3.8) is 0 Å². The zero-order chi connectivity index (χ0) is 23.3. The SMILES string of the molecule is CCN(CC)S(=O)(=O)c1ccc(N2CC(C(=O)NCc3ccc(SC)cc3)CC2=O)cc1. The van der Waals surface area contributed by atoms with Crippen molar-refractivity contribution in [3.8, 4) is 0 Å². The molecule has 32 heavy (non-hydrogen) atoms. The number of hydrogen-bond donors (Lipinski definition) is 1. The summed E-state index contributed by atoms with van der Waals surface area (Å²) in [5, 5.41) is 2.92. The number of hydrogen-bond acceptors (Lipinski definition) is 5. The number of benzene rings is 2. The molecule has 0 aromatic heterocycles. The van der Waals surface area contributed by atoms with Crippen LogP contribution in [-0.2, 0) is 26.2 Å². The largest absolute Gasteiger partial charge is 0.352 e. The summed E-state index contributed by atoms with van der Waals surface area (Å²) in [7, 11) is -3.55. The van der Waals surface area contributed by atoms with Gasteiger partial charge in [-0.3, -0.25) is 9.59 Å². The van der Waals surface area contributed by atoms with Gasteiger partial charge in [-0.25, -0.2) is 8.42 Å². The monoisotopic (exact) mass is 475 g/mol. The van der Waals surface area contributed by atoms with E-state index in [2.05, 4.69) is 5.32 Å². The summed E-state index contributed by atoms with van der Waals surface area (Å²) in [5.74, 6) is -0.739.